The molecule has 1 aliphatic heterocycles. The van der Waals surface area contributed by atoms with Crippen LogP contribution in [0, 0.1) is 11.2 Å². The number of carbonyl (C=O) groups is 1. The molecule has 35 heavy (non-hydrogen) atoms. The quantitative estimate of drug-likeness (QED) is 0.313. The number of hydrogen-bond donors (Lipinski definition) is 0. The third kappa shape index (κ3) is 3.88. The molecule has 2 aliphatic rings. The van der Waals surface area contributed by atoms with E-state index in [1.54, 1.807) is 37.6 Å². The van der Waals surface area contributed by atoms with Gasteiger partial charge in [-0.2, -0.15) is 15.0 Å². The molecule has 1 fully saturated rings. The van der Waals surface area contributed by atoms with Gasteiger partial charge in [-0.15, -0.1) is 5.10 Å². The first-order chi connectivity index (χ1) is 17.0. The number of Topliss-reactive ketones (excluding diaryl/α,β-unsaturated/α-hetero) is 1. The standard InChI is InChI=1S/C25H22FN7OS/c1-31-28-15-23(30-31)35-32-11-9-18-12-22-17(14-29-33(22)20-7-5-19(26)6-8-20)13-25(18,16-32)24(34)21-4-2-3-10-27-21/h2-8,10,12,14-15H,9,11,13,16H2,1H3. The molecule has 1 atom stereocenters. The molecule has 10 heteroatoms. The Hall–Kier alpha value is -3.63. The van der Waals surface area contributed by atoms with Gasteiger partial charge < -0.3 is 0 Å². The first-order valence-corrected chi connectivity index (χ1v) is 12.1. The molecule has 1 saturated heterocycles. The van der Waals surface area contributed by atoms with E-state index in [1.807, 2.05) is 23.0 Å². The maximum atomic E-state index is 14.0. The van der Waals surface area contributed by atoms with Crippen LogP contribution in [-0.2, 0) is 13.5 Å². The van der Waals surface area contributed by atoms with Crippen molar-refractivity contribution >= 4 is 23.8 Å². The van der Waals surface area contributed by atoms with E-state index in [4.69, 9.17) is 0 Å². The van der Waals surface area contributed by atoms with Crippen LogP contribution < -0.4 is 0 Å². The van der Waals surface area contributed by atoms with E-state index in [1.165, 1.54) is 28.9 Å². The number of piperidine rings is 1. The molecule has 0 saturated carbocycles. The van der Waals surface area contributed by atoms with Gasteiger partial charge in [0.1, 0.15) is 11.5 Å². The SMILES string of the molecule is Cn1ncc(SN2CCC3=Cc4c(cnn4-c4ccc(F)cc4)CC3(C(=O)c3ccccn3)C2)n1. The van der Waals surface area contributed by atoms with Gasteiger partial charge in [-0.05, 0) is 72.8 Å². The van der Waals surface area contributed by atoms with Crippen LogP contribution in [0.1, 0.15) is 28.2 Å². The van der Waals surface area contributed by atoms with Gasteiger partial charge in [0.25, 0.3) is 0 Å². The highest BCUT2D eigenvalue weighted by molar-refractivity contribution is 7.97. The number of pyridine rings is 1. The molecule has 6 rings (SSSR count). The largest absolute Gasteiger partial charge is 0.291 e. The summed E-state index contributed by atoms with van der Waals surface area (Å²) >= 11 is 1.52. The van der Waals surface area contributed by atoms with E-state index >= 15 is 0 Å². The molecule has 1 unspecified atom stereocenters. The number of nitrogens with zero attached hydrogens (tertiary/aromatic N) is 7. The van der Waals surface area contributed by atoms with Crippen LogP contribution in [0.5, 0.6) is 0 Å². The van der Waals surface area contributed by atoms with E-state index in [-0.39, 0.29) is 11.6 Å². The summed E-state index contributed by atoms with van der Waals surface area (Å²) in [5, 5.41) is 13.9. The zero-order valence-corrected chi connectivity index (χ0v) is 19.8. The van der Waals surface area contributed by atoms with E-state index < -0.39 is 5.41 Å². The molecule has 8 nitrogen and oxygen atoms in total. The van der Waals surface area contributed by atoms with Crippen LogP contribution in [-0.4, -0.2) is 52.9 Å². The Morgan fingerprint density at radius 2 is 1.97 bits per heavy atom. The van der Waals surface area contributed by atoms with E-state index in [0.717, 1.165) is 40.5 Å². The molecule has 4 heterocycles. The Morgan fingerprint density at radius 1 is 1.11 bits per heavy atom. The van der Waals surface area contributed by atoms with Crippen molar-refractivity contribution in [2.75, 3.05) is 13.1 Å². The molecule has 0 N–H and O–H groups in total. The minimum Gasteiger partial charge on any atom is -0.291 e. The summed E-state index contributed by atoms with van der Waals surface area (Å²) in [5.74, 6) is -0.282. The third-order valence-corrected chi connectivity index (χ3v) is 7.53. The van der Waals surface area contributed by atoms with Gasteiger partial charge in [0.05, 0.1) is 29.2 Å². The van der Waals surface area contributed by atoms with Gasteiger partial charge in [-0.3, -0.25) is 9.78 Å². The molecular formula is C25H22FN7OS. The predicted molar refractivity (Wildman–Crippen MR) is 129 cm³/mol. The number of aryl methyl sites for hydroxylation is 1. The highest BCUT2D eigenvalue weighted by Gasteiger charge is 2.49. The van der Waals surface area contributed by atoms with Crippen molar-refractivity contribution in [1.29, 1.82) is 0 Å². The number of fused-ring (bicyclic) bond motifs is 2. The molecule has 0 spiro atoms. The van der Waals surface area contributed by atoms with Crippen molar-refractivity contribution in [3.63, 3.8) is 0 Å². The number of hydrogen-bond acceptors (Lipinski definition) is 7. The van der Waals surface area contributed by atoms with E-state index in [9.17, 15) is 9.18 Å². The molecular weight excluding hydrogens is 465 g/mol. The molecule has 0 radical (unpaired) electrons. The molecule has 176 valence electrons. The number of benzene rings is 1. The number of rotatable bonds is 5. The average Bonchev–Trinajstić information content (AvgIpc) is 3.48. The topological polar surface area (TPSA) is 81.7 Å². The van der Waals surface area contributed by atoms with E-state index in [2.05, 4.69) is 30.7 Å². The fourth-order valence-electron chi connectivity index (χ4n) is 4.93. The fraction of sp³-hybridized carbons (Fsp3) is 0.240. The second-order valence-electron chi connectivity index (χ2n) is 8.79. The Bertz CT molecular complexity index is 1430. The zero-order valence-electron chi connectivity index (χ0n) is 19.0. The highest BCUT2D eigenvalue weighted by atomic mass is 32.2. The van der Waals surface area contributed by atoms with Crippen LogP contribution in [0.25, 0.3) is 11.8 Å². The predicted octanol–water partition coefficient (Wildman–Crippen LogP) is 3.76. The van der Waals surface area contributed by atoms with Crippen LogP contribution in [0.2, 0.25) is 0 Å². The van der Waals surface area contributed by atoms with Crippen LogP contribution in [0.3, 0.4) is 0 Å². The lowest BCUT2D eigenvalue weighted by atomic mass is 9.65. The number of ketones is 1. The van der Waals surface area contributed by atoms with Gasteiger partial charge in [0.2, 0.25) is 0 Å². The normalized spacial score (nSPS) is 19.7. The average molecular weight is 488 g/mol. The van der Waals surface area contributed by atoms with Crippen LogP contribution in [0.4, 0.5) is 4.39 Å². The van der Waals surface area contributed by atoms with Crippen molar-refractivity contribution < 1.29 is 9.18 Å². The summed E-state index contributed by atoms with van der Waals surface area (Å²) in [6, 6.07) is 11.7. The minimum atomic E-state index is -0.758. The van der Waals surface area contributed by atoms with Gasteiger partial charge in [-0.25, -0.2) is 13.4 Å². The monoisotopic (exact) mass is 487 g/mol. The Balaban J connectivity index is 1.40. The summed E-state index contributed by atoms with van der Waals surface area (Å²) < 4.78 is 17.5. The summed E-state index contributed by atoms with van der Waals surface area (Å²) in [7, 11) is 1.79. The van der Waals surface area contributed by atoms with Gasteiger partial charge in [-0.1, -0.05) is 11.6 Å². The summed E-state index contributed by atoms with van der Waals surface area (Å²) in [4.78, 5) is 20.0. The Morgan fingerprint density at radius 3 is 2.71 bits per heavy atom. The van der Waals surface area contributed by atoms with Crippen molar-refractivity contribution in [3.05, 3.63) is 89.4 Å². The lowest BCUT2D eigenvalue weighted by molar-refractivity contribution is 0.0775. The minimum absolute atomic E-state index is 0.00831. The first kappa shape index (κ1) is 21.9. The van der Waals surface area contributed by atoms with Crippen molar-refractivity contribution in [2.45, 2.75) is 17.9 Å². The number of aromatic nitrogens is 6. The van der Waals surface area contributed by atoms with Gasteiger partial charge >= 0.3 is 0 Å². The fourth-order valence-corrected chi connectivity index (χ4v) is 5.91. The van der Waals surface area contributed by atoms with Gasteiger partial charge in [0.15, 0.2) is 10.8 Å². The molecule has 0 amide bonds. The van der Waals surface area contributed by atoms with Crippen molar-refractivity contribution in [2.24, 2.45) is 12.5 Å². The second kappa shape index (κ2) is 8.54. The third-order valence-electron chi connectivity index (χ3n) is 6.59. The summed E-state index contributed by atoms with van der Waals surface area (Å²) in [5.41, 5.74) is 3.47. The maximum absolute atomic E-state index is 14.0. The highest BCUT2D eigenvalue weighted by Crippen LogP contribution is 2.47. The van der Waals surface area contributed by atoms with Crippen molar-refractivity contribution in [1.82, 2.24) is 34.1 Å². The smallest absolute Gasteiger partial charge is 0.192 e. The lowest BCUT2D eigenvalue weighted by Crippen LogP contribution is -2.49. The second-order valence-corrected chi connectivity index (χ2v) is 9.91. The molecule has 1 aliphatic carbocycles. The first-order valence-electron chi connectivity index (χ1n) is 11.3. The Kier molecular flexibility index (Phi) is 5.34. The molecule has 4 aromatic rings. The molecule has 0 bridgehead atoms. The Labute approximate surface area is 205 Å². The van der Waals surface area contributed by atoms with Crippen LogP contribution in [0.15, 0.2) is 71.7 Å². The lowest BCUT2D eigenvalue weighted by Gasteiger charge is -2.44. The van der Waals surface area contributed by atoms with Gasteiger partial charge in [0, 0.05) is 26.3 Å². The van der Waals surface area contributed by atoms with E-state index in [0.29, 0.717) is 18.7 Å². The number of carbonyl (C=O) groups excluding carboxylic acids is 1. The van der Waals surface area contributed by atoms with Crippen LogP contribution >= 0.6 is 11.9 Å². The van der Waals surface area contributed by atoms with Crippen molar-refractivity contribution in [3.8, 4) is 5.69 Å². The molecule has 1 aromatic carbocycles. The maximum Gasteiger partial charge on any atom is 0.192 e. The summed E-state index contributed by atoms with van der Waals surface area (Å²) in [6.45, 7) is 1.29. The zero-order chi connectivity index (χ0) is 24.0. The summed E-state index contributed by atoms with van der Waals surface area (Å²) in [6.07, 6.45) is 8.54. The molecule has 3 aromatic heterocycles. The number of halogens is 1.